The van der Waals surface area contributed by atoms with Crippen molar-refractivity contribution < 1.29 is 9.66 Å². The molecule has 0 saturated heterocycles. The second-order valence-corrected chi connectivity index (χ2v) is 5.00. The maximum atomic E-state index is 11.0. The van der Waals surface area contributed by atoms with Gasteiger partial charge in [0.2, 0.25) is 11.6 Å². The lowest BCUT2D eigenvalue weighted by Gasteiger charge is -2.10. The van der Waals surface area contributed by atoms with Gasteiger partial charge in [-0.25, -0.2) is 9.97 Å². The molecule has 0 spiro atoms. The van der Waals surface area contributed by atoms with Crippen molar-refractivity contribution in [2.24, 2.45) is 0 Å². The van der Waals surface area contributed by atoms with Crippen LogP contribution in [0.25, 0.3) is 0 Å². The highest BCUT2D eigenvalue weighted by Crippen LogP contribution is 2.36. The number of halogens is 1. The average Bonchev–Trinajstić information content (AvgIpc) is 2.43. The molecule has 0 atom stereocenters. The van der Waals surface area contributed by atoms with Gasteiger partial charge in [-0.2, -0.15) is 0 Å². The molecule has 1 N–H and O–H groups in total. The topological polar surface area (TPSA) is 90.2 Å². The first kappa shape index (κ1) is 15.2. The first-order valence-corrected chi connectivity index (χ1v) is 6.99. The third-order valence-corrected chi connectivity index (χ3v) is 3.34. The van der Waals surface area contributed by atoms with Gasteiger partial charge in [-0.05, 0) is 41.4 Å². The summed E-state index contributed by atoms with van der Waals surface area (Å²) in [7, 11) is 0. The van der Waals surface area contributed by atoms with E-state index in [0.717, 1.165) is 5.56 Å². The van der Waals surface area contributed by atoms with Gasteiger partial charge < -0.3 is 10.1 Å². The summed E-state index contributed by atoms with van der Waals surface area (Å²) < 4.78 is 6.11. The van der Waals surface area contributed by atoms with Crippen molar-refractivity contribution in [2.75, 3.05) is 11.9 Å². The second kappa shape index (κ2) is 6.49. The summed E-state index contributed by atoms with van der Waals surface area (Å²) >= 11 is 3.34. The van der Waals surface area contributed by atoms with E-state index in [1.807, 2.05) is 13.8 Å². The molecule has 8 heteroatoms. The van der Waals surface area contributed by atoms with Crippen LogP contribution in [0.5, 0.6) is 11.6 Å². The van der Waals surface area contributed by atoms with E-state index in [1.54, 1.807) is 12.1 Å². The maximum Gasteiger partial charge on any atom is 0.311 e. The minimum atomic E-state index is -0.491. The summed E-state index contributed by atoms with van der Waals surface area (Å²) in [5.74, 6) is 0.925. The zero-order valence-corrected chi connectivity index (χ0v) is 13.0. The third-order valence-electron chi connectivity index (χ3n) is 2.62. The second-order valence-electron chi connectivity index (χ2n) is 4.20. The van der Waals surface area contributed by atoms with Crippen LogP contribution in [-0.2, 0) is 0 Å². The van der Waals surface area contributed by atoms with E-state index in [1.165, 1.54) is 12.4 Å². The third kappa shape index (κ3) is 3.46. The highest BCUT2D eigenvalue weighted by Gasteiger charge is 2.18. The van der Waals surface area contributed by atoms with Crippen LogP contribution in [-0.4, -0.2) is 21.4 Å². The maximum absolute atomic E-state index is 11.0. The van der Waals surface area contributed by atoms with E-state index in [4.69, 9.17) is 4.74 Å². The van der Waals surface area contributed by atoms with E-state index in [9.17, 15) is 10.1 Å². The summed E-state index contributed by atoms with van der Waals surface area (Å²) in [5, 5.41) is 14.1. The van der Waals surface area contributed by atoms with Crippen LogP contribution in [0.3, 0.4) is 0 Å². The number of aromatic nitrogens is 2. The van der Waals surface area contributed by atoms with Crippen LogP contribution in [0.4, 0.5) is 11.5 Å². The number of ether oxygens (including phenoxy) is 1. The van der Waals surface area contributed by atoms with Crippen molar-refractivity contribution in [2.45, 2.75) is 13.8 Å². The van der Waals surface area contributed by atoms with Gasteiger partial charge in [0, 0.05) is 12.6 Å². The zero-order valence-electron chi connectivity index (χ0n) is 11.5. The first-order chi connectivity index (χ1) is 10.0. The van der Waals surface area contributed by atoms with Gasteiger partial charge in [-0.1, -0.05) is 6.07 Å². The Labute approximate surface area is 129 Å². The number of aryl methyl sites for hydroxylation is 1. The molecule has 1 aromatic heterocycles. The number of nitro groups is 1. The molecule has 2 aromatic rings. The molecule has 2 rings (SSSR count). The summed E-state index contributed by atoms with van der Waals surface area (Å²) in [6, 6.07) is 4.66. The van der Waals surface area contributed by atoms with E-state index in [-0.39, 0.29) is 17.3 Å². The number of hydrogen-bond donors (Lipinski definition) is 1. The highest BCUT2D eigenvalue weighted by molar-refractivity contribution is 9.10. The highest BCUT2D eigenvalue weighted by atomic mass is 79.9. The zero-order chi connectivity index (χ0) is 15.4. The fourth-order valence-electron chi connectivity index (χ4n) is 1.67. The molecule has 1 aromatic carbocycles. The molecule has 0 bridgehead atoms. The fraction of sp³-hybridized carbons (Fsp3) is 0.231. The van der Waals surface area contributed by atoms with Gasteiger partial charge in [0.1, 0.15) is 16.6 Å². The van der Waals surface area contributed by atoms with Crippen molar-refractivity contribution in [3.63, 3.8) is 0 Å². The molecule has 0 aliphatic carbocycles. The van der Waals surface area contributed by atoms with Crippen LogP contribution in [0, 0.1) is 17.0 Å². The minimum Gasteiger partial charge on any atom is -0.430 e. The number of anilines is 1. The standard InChI is InChI=1S/C13H13BrN4O3/c1-3-15-12-11(14)13(17-7-16-12)21-10-6-8(2)4-5-9(10)18(19)20/h4-7H,3H2,1-2H3,(H,15,16,17). The Bertz CT molecular complexity index is 678. The van der Waals surface area contributed by atoms with Gasteiger partial charge in [0.05, 0.1) is 4.92 Å². The Kier molecular flexibility index (Phi) is 4.69. The molecule has 110 valence electrons. The number of nitro benzene ring substituents is 1. The van der Waals surface area contributed by atoms with Gasteiger partial charge in [-0.15, -0.1) is 0 Å². The van der Waals surface area contributed by atoms with Crippen molar-refractivity contribution in [1.82, 2.24) is 9.97 Å². The summed E-state index contributed by atoms with van der Waals surface area (Å²) in [5.41, 5.74) is 0.740. The lowest BCUT2D eigenvalue weighted by atomic mass is 10.2. The fourth-order valence-corrected chi connectivity index (χ4v) is 2.10. The smallest absolute Gasteiger partial charge is 0.311 e. The van der Waals surface area contributed by atoms with Crippen LogP contribution >= 0.6 is 15.9 Å². The molecular formula is C13H13BrN4O3. The van der Waals surface area contributed by atoms with Gasteiger partial charge in [-0.3, -0.25) is 10.1 Å². The van der Waals surface area contributed by atoms with Crippen LogP contribution < -0.4 is 10.1 Å². The minimum absolute atomic E-state index is 0.115. The Morgan fingerprint density at radius 2 is 2.19 bits per heavy atom. The van der Waals surface area contributed by atoms with Gasteiger partial charge in [0.25, 0.3) is 0 Å². The van der Waals surface area contributed by atoms with E-state index in [2.05, 4.69) is 31.2 Å². The molecule has 1 heterocycles. The predicted octanol–water partition coefficient (Wildman–Crippen LogP) is 3.68. The summed E-state index contributed by atoms with van der Waals surface area (Å²) in [6.45, 7) is 4.44. The van der Waals surface area contributed by atoms with Gasteiger partial charge in [0.15, 0.2) is 0 Å². The first-order valence-electron chi connectivity index (χ1n) is 6.20. The molecule has 0 fully saturated rings. The molecular weight excluding hydrogens is 340 g/mol. The van der Waals surface area contributed by atoms with Crippen molar-refractivity contribution in [1.29, 1.82) is 0 Å². The number of rotatable bonds is 5. The molecule has 7 nitrogen and oxygen atoms in total. The summed E-state index contributed by atoms with van der Waals surface area (Å²) in [6.07, 6.45) is 1.33. The van der Waals surface area contributed by atoms with Crippen molar-refractivity contribution in [3.05, 3.63) is 44.7 Å². The monoisotopic (exact) mass is 352 g/mol. The molecule has 0 aliphatic rings. The quantitative estimate of drug-likeness (QED) is 0.651. The van der Waals surface area contributed by atoms with Crippen molar-refractivity contribution in [3.8, 4) is 11.6 Å². The Hall–Kier alpha value is -2.22. The SMILES string of the molecule is CCNc1ncnc(Oc2cc(C)ccc2[N+](=O)[O-])c1Br. The van der Waals surface area contributed by atoms with Crippen molar-refractivity contribution >= 4 is 27.4 Å². The summed E-state index contributed by atoms with van der Waals surface area (Å²) in [4.78, 5) is 18.6. The largest absolute Gasteiger partial charge is 0.430 e. The average molecular weight is 353 g/mol. The van der Waals surface area contributed by atoms with E-state index in [0.29, 0.717) is 16.8 Å². The number of nitrogens with zero attached hydrogens (tertiary/aromatic N) is 3. The molecule has 0 radical (unpaired) electrons. The Morgan fingerprint density at radius 1 is 1.43 bits per heavy atom. The molecule has 0 aliphatic heterocycles. The normalized spacial score (nSPS) is 10.2. The van der Waals surface area contributed by atoms with Crippen LogP contribution in [0.1, 0.15) is 12.5 Å². The van der Waals surface area contributed by atoms with E-state index >= 15 is 0 Å². The molecule has 0 unspecified atom stereocenters. The predicted molar refractivity (Wildman–Crippen MR) is 81.8 cm³/mol. The molecule has 0 amide bonds. The van der Waals surface area contributed by atoms with Crippen LogP contribution in [0.2, 0.25) is 0 Å². The van der Waals surface area contributed by atoms with Crippen LogP contribution in [0.15, 0.2) is 29.0 Å². The Morgan fingerprint density at radius 3 is 2.86 bits per heavy atom. The molecule has 21 heavy (non-hydrogen) atoms. The molecule has 0 saturated carbocycles. The van der Waals surface area contributed by atoms with E-state index < -0.39 is 4.92 Å². The van der Waals surface area contributed by atoms with Gasteiger partial charge >= 0.3 is 5.69 Å². The lowest BCUT2D eigenvalue weighted by molar-refractivity contribution is -0.385. The number of nitrogens with one attached hydrogen (secondary N) is 1. The number of hydrogen-bond acceptors (Lipinski definition) is 6. The Balaban J connectivity index is 2.41. The lowest BCUT2D eigenvalue weighted by Crippen LogP contribution is -2.02. The number of benzene rings is 1.